The smallest absolute Gasteiger partial charge is 0.144 e. The Morgan fingerprint density at radius 1 is 1.29 bits per heavy atom. The number of rotatable bonds is 3. The highest BCUT2D eigenvalue weighted by atomic mass is 16.5. The van der Waals surface area contributed by atoms with E-state index in [0.29, 0.717) is 5.92 Å². The average molecular weight is 236 g/mol. The largest absolute Gasteiger partial charge is 0.379 e. The summed E-state index contributed by atoms with van der Waals surface area (Å²) in [5.74, 6) is 2.11. The molecule has 5 nitrogen and oxygen atoms in total. The Morgan fingerprint density at radius 3 is 2.65 bits per heavy atom. The van der Waals surface area contributed by atoms with Gasteiger partial charge < -0.3 is 10.2 Å². The van der Waals surface area contributed by atoms with Gasteiger partial charge in [-0.25, -0.2) is 15.0 Å². The first-order valence-electron chi connectivity index (χ1n) is 6.10. The van der Waals surface area contributed by atoms with E-state index < -0.39 is 0 Å². The van der Waals surface area contributed by atoms with Crippen molar-refractivity contribution in [3.63, 3.8) is 0 Å². The molecule has 1 aliphatic rings. The van der Waals surface area contributed by atoms with Crippen molar-refractivity contribution in [2.45, 2.75) is 26.7 Å². The molecule has 0 amide bonds. The molecular weight excluding hydrogens is 216 g/mol. The summed E-state index contributed by atoms with van der Waals surface area (Å²) in [4.78, 5) is 8.95. The molecule has 0 bridgehead atoms. The van der Waals surface area contributed by atoms with Crippen LogP contribution in [0.15, 0.2) is 6.07 Å². The van der Waals surface area contributed by atoms with Crippen molar-refractivity contribution < 1.29 is 4.74 Å². The number of aromatic nitrogens is 2. The molecule has 1 N–H and O–H groups in total. The lowest BCUT2D eigenvalue weighted by atomic mass is 10.2. The van der Waals surface area contributed by atoms with E-state index in [1.807, 2.05) is 13.0 Å². The van der Waals surface area contributed by atoms with Gasteiger partial charge in [-0.05, 0) is 6.92 Å². The first-order valence-corrected chi connectivity index (χ1v) is 6.10. The number of hydrazine groups is 1. The molecular formula is C12H20N4O. The molecule has 1 fully saturated rings. The molecule has 2 heterocycles. The zero-order chi connectivity index (χ0) is 12.3. The second kappa shape index (κ2) is 5.42. The minimum absolute atomic E-state index is 0.347. The SMILES string of the molecule is Cc1cc(NN2CCOCC2)nc(C(C)C)n1. The predicted octanol–water partition coefficient (Wildman–Crippen LogP) is 1.57. The van der Waals surface area contributed by atoms with Crippen molar-refractivity contribution in [3.05, 3.63) is 17.6 Å². The third-order valence-corrected chi connectivity index (χ3v) is 2.67. The Labute approximate surface area is 102 Å². The molecule has 2 rings (SSSR count). The van der Waals surface area contributed by atoms with Gasteiger partial charge in [0.1, 0.15) is 11.6 Å². The van der Waals surface area contributed by atoms with E-state index in [0.717, 1.165) is 43.6 Å². The molecule has 1 aromatic rings. The molecule has 0 aromatic carbocycles. The Bertz CT molecular complexity index is 375. The molecule has 0 unspecified atom stereocenters. The van der Waals surface area contributed by atoms with Gasteiger partial charge in [0.05, 0.1) is 13.2 Å². The van der Waals surface area contributed by atoms with Gasteiger partial charge in [-0.2, -0.15) is 0 Å². The second-order valence-corrected chi connectivity index (χ2v) is 4.62. The van der Waals surface area contributed by atoms with E-state index >= 15 is 0 Å². The van der Waals surface area contributed by atoms with Crippen molar-refractivity contribution in [2.24, 2.45) is 0 Å². The Balaban J connectivity index is 2.09. The molecule has 0 aliphatic carbocycles. The van der Waals surface area contributed by atoms with Crippen LogP contribution in [-0.4, -0.2) is 41.3 Å². The van der Waals surface area contributed by atoms with Crippen LogP contribution in [0.2, 0.25) is 0 Å². The van der Waals surface area contributed by atoms with Crippen LogP contribution in [0.4, 0.5) is 5.82 Å². The lowest BCUT2D eigenvalue weighted by Crippen LogP contribution is -2.40. The number of ether oxygens (including phenoxy) is 1. The van der Waals surface area contributed by atoms with E-state index in [2.05, 4.69) is 34.3 Å². The quantitative estimate of drug-likeness (QED) is 0.863. The number of hydrogen-bond donors (Lipinski definition) is 1. The molecule has 1 aromatic heterocycles. The summed E-state index contributed by atoms with van der Waals surface area (Å²) >= 11 is 0. The summed E-state index contributed by atoms with van der Waals surface area (Å²) in [6, 6.07) is 1.97. The summed E-state index contributed by atoms with van der Waals surface area (Å²) in [7, 11) is 0. The monoisotopic (exact) mass is 236 g/mol. The van der Waals surface area contributed by atoms with Gasteiger partial charge in [-0.1, -0.05) is 13.8 Å². The molecule has 94 valence electrons. The summed E-state index contributed by atoms with van der Waals surface area (Å²) in [5.41, 5.74) is 4.32. The highest BCUT2D eigenvalue weighted by Crippen LogP contribution is 2.14. The highest BCUT2D eigenvalue weighted by Gasteiger charge is 2.12. The standard InChI is InChI=1S/C12H20N4O/c1-9(2)12-13-10(3)8-11(14-12)15-16-4-6-17-7-5-16/h8-9H,4-7H2,1-3H3,(H,13,14,15). The van der Waals surface area contributed by atoms with E-state index in [-0.39, 0.29) is 0 Å². The summed E-state index contributed by atoms with van der Waals surface area (Å²) in [5, 5.41) is 2.13. The molecule has 17 heavy (non-hydrogen) atoms. The lowest BCUT2D eigenvalue weighted by molar-refractivity contribution is 0.0494. The van der Waals surface area contributed by atoms with Gasteiger partial charge in [0, 0.05) is 30.8 Å². The van der Waals surface area contributed by atoms with Gasteiger partial charge >= 0.3 is 0 Å². The summed E-state index contributed by atoms with van der Waals surface area (Å²) < 4.78 is 5.31. The van der Waals surface area contributed by atoms with Crippen LogP contribution in [0.5, 0.6) is 0 Å². The Morgan fingerprint density at radius 2 is 2.00 bits per heavy atom. The fourth-order valence-electron chi connectivity index (χ4n) is 1.74. The normalized spacial score (nSPS) is 17.4. The fraction of sp³-hybridized carbons (Fsp3) is 0.667. The van der Waals surface area contributed by atoms with Crippen molar-refractivity contribution >= 4 is 5.82 Å². The molecule has 1 aliphatic heterocycles. The number of nitrogens with one attached hydrogen (secondary N) is 1. The molecule has 0 saturated carbocycles. The predicted molar refractivity (Wildman–Crippen MR) is 66.9 cm³/mol. The third kappa shape index (κ3) is 3.38. The number of nitrogens with zero attached hydrogens (tertiary/aromatic N) is 3. The summed E-state index contributed by atoms with van der Waals surface area (Å²) in [6.45, 7) is 9.53. The van der Waals surface area contributed by atoms with Crippen molar-refractivity contribution in [1.82, 2.24) is 15.0 Å². The second-order valence-electron chi connectivity index (χ2n) is 4.62. The maximum atomic E-state index is 5.31. The number of hydrogen-bond acceptors (Lipinski definition) is 5. The van der Waals surface area contributed by atoms with Crippen LogP contribution < -0.4 is 5.43 Å². The van der Waals surface area contributed by atoms with Crippen LogP contribution in [0, 0.1) is 6.92 Å². The van der Waals surface area contributed by atoms with Crippen LogP contribution in [0.25, 0.3) is 0 Å². The van der Waals surface area contributed by atoms with E-state index in [9.17, 15) is 0 Å². The molecule has 0 radical (unpaired) electrons. The van der Waals surface area contributed by atoms with Gasteiger partial charge in [0.15, 0.2) is 0 Å². The van der Waals surface area contributed by atoms with Crippen LogP contribution >= 0.6 is 0 Å². The topological polar surface area (TPSA) is 50.3 Å². The first kappa shape index (κ1) is 12.3. The summed E-state index contributed by atoms with van der Waals surface area (Å²) in [6.07, 6.45) is 0. The third-order valence-electron chi connectivity index (χ3n) is 2.67. The van der Waals surface area contributed by atoms with Crippen molar-refractivity contribution in [1.29, 1.82) is 0 Å². The minimum Gasteiger partial charge on any atom is -0.379 e. The van der Waals surface area contributed by atoms with Crippen molar-refractivity contribution in [2.75, 3.05) is 31.7 Å². The molecule has 5 heteroatoms. The number of aryl methyl sites for hydroxylation is 1. The zero-order valence-electron chi connectivity index (χ0n) is 10.7. The van der Waals surface area contributed by atoms with E-state index in [4.69, 9.17) is 4.74 Å². The lowest BCUT2D eigenvalue weighted by Gasteiger charge is -2.27. The Kier molecular flexibility index (Phi) is 3.91. The maximum Gasteiger partial charge on any atom is 0.144 e. The molecule has 0 atom stereocenters. The molecule has 1 saturated heterocycles. The highest BCUT2D eigenvalue weighted by molar-refractivity contribution is 5.35. The fourth-order valence-corrected chi connectivity index (χ4v) is 1.74. The zero-order valence-corrected chi connectivity index (χ0v) is 10.7. The van der Waals surface area contributed by atoms with Crippen LogP contribution in [-0.2, 0) is 4.74 Å². The van der Waals surface area contributed by atoms with E-state index in [1.165, 1.54) is 0 Å². The average Bonchev–Trinajstić information content (AvgIpc) is 2.29. The Hall–Kier alpha value is -1.20. The number of morpholine rings is 1. The number of anilines is 1. The minimum atomic E-state index is 0.347. The van der Waals surface area contributed by atoms with E-state index in [1.54, 1.807) is 0 Å². The van der Waals surface area contributed by atoms with Gasteiger partial charge in [-0.15, -0.1) is 0 Å². The molecule has 0 spiro atoms. The van der Waals surface area contributed by atoms with Crippen LogP contribution in [0.1, 0.15) is 31.3 Å². The maximum absolute atomic E-state index is 5.31. The van der Waals surface area contributed by atoms with Crippen LogP contribution in [0.3, 0.4) is 0 Å². The van der Waals surface area contributed by atoms with Crippen molar-refractivity contribution in [3.8, 4) is 0 Å². The first-order chi connectivity index (χ1) is 8.15. The van der Waals surface area contributed by atoms with Gasteiger partial charge in [0.2, 0.25) is 0 Å². The van der Waals surface area contributed by atoms with Gasteiger partial charge in [-0.3, -0.25) is 0 Å². The van der Waals surface area contributed by atoms with Gasteiger partial charge in [0.25, 0.3) is 0 Å².